The third-order valence-electron chi connectivity index (χ3n) is 3.81. The number of aliphatic carboxylic acids is 1. The predicted molar refractivity (Wildman–Crippen MR) is 101 cm³/mol. The maximum atomic E-state index is 14.0. The van der Waals surface area contributed by atoms with Crippen molar-refractivity contribution in [1.29, 1.82) is 0 Å². The van der Waals surface area contributed by atoms with E-state index in [1.54, 1.807) is 29.6 Å². The molecule has 1 aromatic heterocycles. The highest BCUT2D eigenvalue weighted by molar-refractivity contribution is 7.13. The minimum Gasteiger partial charge on any atom is -0.481 e. The van der Waals surface area contributed by atoms with Crippen LogP contribution in [0.15, 0.2) is 53.9 Å². The molecule has 0 saturated heterocycles. The summed E-state index contributed by atoms with van der Waals surface area (Å²) in [6, 6.07) is 11.8. The molecule has 0 aliphatic carbocycles. The Bertz CT molecular complexity index is 992. The molecule has 0 unspecified atom stereocenters. The summed E-state index contributed by atoms with van der Waals surface area (Å²) in [6.07, 6.45) is -0.450. The highest BCUT2D eigenvalue weighted by Gasteiger charge is 2.23. The molecule has 1 heterocycles. The molecule has 5 nitrogen and oxygen atoms in total. The number of benzene rings is 2. The van der Waals surface area contributed by atoms with Crippen LogP contribution in [-0.2, 0) is 4.79 Å². The topological polar surface area (TPSA) is 79.3 Å². The van der Waals surface area contributed by atoms with Crippen molar-refractivity contribution in [3.8, 4) is 10.6 Å². The normalized spacial score (nSPS) is 11.8. The van der Waals surface area contributed by atoms with E-state index in [9.17, 15) is 14.0 Å². The zero-order chi connectivity index (χ0) is 19.4. The molecular weight excluding hydrogens is 391 g/mol. The van der Waals surface area contributed by atoms with Crippen molar-refractivity contribution in [3.05, 3.63) is 76.0 Å². The van der Waals surface area contributed by atoms with Gasteiger partial charge in [0.15, 0.2) is 0 Å². The quantitative estimate of drug-likeness (QED) is 0.631. The molecule has 0 radical (unpaired) electrons. The lowest BCUT2D eigenvalue weighted by Gasteiger charge is -2.17. The van der Waals surface area contributed by atoms with E-state index in [-0.39, 0.29) is 11.3 Å². The van der Waals surface area contributed by atoms with Gasteiger partial charge >= 0.3 is 5.97 Å². The monoisotopic (exact) mass is 404 g/mol. The number of halogens is 2. The fraction of sp³-hybridized carbons (Fsp3) is 0.105. The Morgan fingerprint density at radius 3 is 2.59 bits per heavy atom. The Morgan fingerprint density at radius 2 is 1.89 bits per heavy atom. The van der Waals surface area contributed by atoms with Crippen molar-refractivity contribution >= 4 is 34.8 Å². The Hall–Kier alpha value is -2.77. The number of thiazole rings is 1. The van der Waals surface area contributed by atoms with Crippen LogP contribution in [0.5, 0.6) is 0 Å². The van der Waals surface area contributed by atoms with Crippen molar-refractivity contribution in [1.82, 2.24) is 10.3 Å². The molecule has 0 aliphatic heterocycles. The molecule has 1 amide bonds. The van der Waals surface area contributed by atoms with Gasteiger partial charge in [0.25, 0.3) is 5.91 Å². The fourth-order valence-electron chi connectivity index (χ4n) is 2.54. The van der Waals surface area contributed by atoms with Gasteiger partial charge in [0.2, 0.25) is 0 Å². The summed E-state index contributed by atoms with van der Waals surface area (Å²) in [5.74, 6) is -2.32. The summed E-state index contributed by atoms with van der Waals surface area (Å²) < 4.78 is 14.0. The van der Waals surface area contributed by atoms with Gasteiger partial charge in [0.05, 0.1) is 17.5 Å². The van der Waals surface area contributed by atoms with Crippen molar-refractivity contribution < 1.29 is 19.1 Å². The van der Waals surface area contributed by atoms with Gasteiger partial charge in [-0.15, -0.1) is 11.3 Å². The molecule has 3 rings (SSSR count). The van der Waals surface area contributed by atoms with Gasteiger partial charge in [0.1, 0.15) is 16.5 Å². The van der Waals surface area contributed by atoms with Crippen molar-refractivity contribution in [2.24, 2.45) is 0 Å². The maximum Gasteiger partial charge on any atom is 0.305 e. The number of rotatable bonds is 6. The van der Waals surface area contributed by atoms with E-state index in [2.05, 4.69) is 10.3 Å². The molecule has 0 spiro atoms. The second kappa shape index (κ2) is 8.28. The number of carboxylic acid groups (broad SMARTS) is 1. The van der Waals surface area contributed by atoms with Crippen LogP contribution in [0.2, 0.25) is 5.02 Å². The molecule has 8 heteroatoms. The number of carboxylic acids is 1. The summed E-state index contributed by atoms with van der Waals surface area (Å²) in [6.45, 7) is 0. The summed E-state index contributed by atoms with van der Waals surface area (Å²) in [4.78, 5) is 27.9. The molecule has 0 aliphatic rings. The molecular formula is C19H14ClFN2O3S. The highest BCUT2D eigenvalue weighted by Crippen LogP contribution is 2.30. The van der Waals surface area contributed by atoms with Crippen LogP contribution in [0, 0.1) is 5.82 Å². The van der Waals surface area contributed by atoms with E-state index < -0.39 is 30.2 Å². The number of hydrogen-bond donors (Lipinski definition) is 2. The third-order valence-corrected chi connectivity index (χ3v) is 5.01. The predicted octanol–water partition coefficient (Wildman–Crippen LogP) is 4.55. The third kappa shape index (κ3) is 4.50. The molecule has 1 atom stereocenters. The molecule has 0 bridgehead atoms. The second-order valence-electron chi connectivity index (χ2n) is 5.66. The highest BCUT2D eigenvalue weighted by atomic mass is 35.5. The minimum atomic E-state index is -1.15. The first kappa shape index (κ1) is 19.0. The molecule has 138 valence electrons. The van der Waals surface area contributed by atoms with E-state index in [1.165, 1.54) is 29.5 Å². The van der Waals surface area contributed by atoms with E-state index in [4.69, 9.17) is 16.7 Å². The Balaban J connectivity index is 1.83. The number of nitrogens with one attached hydrogen (secondary N) is 1. The first-order valence-electron chi connectivity index (χ1n) is 7.93. The van der Waals surface area contributed by atoms with Crippen LogP contribution in [0.3, 0.4) is 0 Å². The van der Waals surface area contributed by atoms with Gasteiger partial charge in [0, 0.05) is 16.5 Å². The maximum absolute atomic E-state index is 14.0. The number of carbonyl (C=O) groups is 2. The lowest BCUT2D eigenvalue weighted by atomic mass is 10.0. The molecule has 27 heavy (non-hydrogen) atoms. The summed E-state index contributed by atoms with van der Waals surface area (Å²) in [5, 5.41) is 14.3. The summed E-state index contributed by atoms with van der Waals surface area (Å²) >= 11 is 7.38. The Labute approximate surface area is 163 Å². The van der Waals surface area contributed by atoms with Crippen LogP contribution in [0.25, 0.3) is 10.6 Å². The van der Waals surface area contributed by atoms with Crippen LogP contribution in [-0.4, -0.2) is 22.0 Å². The number of aromatic nitrogens is 1. The SMILES string of the molecule is O=C(O)C[C@H](NC(=O)c1csc(-c2ccccc2Cl)n1)c1ccccc1F. The fourth-order valence-corrected chi connectivity index (χ4v) is 3.66. The number of carbonyl (C=O) groups excluding carboxylic acids is 1. The van der Waals surface area contributed by atoms with Crippen LogP contribution in [0.1, 0.15) is 28.5 Å². The van der Waals surface area contributed by atoms with Crippen LogP contribution < -0.4 is 5.32 Å². The molecule has 2 aromatic carbocycles. The van der Waals surface area contributed by atoms with E-state index in [0.29, 0.717) is 15.6 Å². The van der Waals surface area contributed by atoms with Crippen molar-refractivity contribution in [2.45, 2.75) is 12.5 Å². The summed E-state index contributed by atoms with van der Waals surface area (Å²) in [5.41, 5.74) is 0.913. The van der Waals surface area contributed by atoms with Crippen molar-refractivity contribution in [2.75, 3.05) is 0 Å². The van der Waals surface area contributed by atoms with Crippen LogP contribution in [0.4, 0.5) is 4.39 Å². The number of hydrogen-bond acceptors (Lipinski definition) is 4. The lowest BCUT2D eigenvalue weighted by molar-refractivity contribution is -0.137. The van der Waals surface area contributed by atoms with Gasteiger partial charge < -0.3 is 10.4 Å². The first-order chi connectivity index (χ1) is 13.0. The Kier molecular flexibility index (Phi) is 5.83. The van der Waals surface area contributed by atoms with E-state index in [1.807, 2.05) is 6.07 Å². The van der Waals surface area contributed by atoms with Gasteiger partial charge in [-0.3, -0.25) is 9.59 Å². The standard InChI is InChI=1S/C19H14ClFN2O3S/c20-13-7-3-1-5-11(13)19-23-16(10-27-19)18(26)22-15(9-17(24)25)12-6-2-4-8-14(12)21/h1-8,10,15H,9H2,(H,22,26)(H,24,25)/t15-/m0/s1. The van der Waals surface area contributed by atoms with E-state index in [0.717, 1.165) is 0 Å². The minimum absolute atomic E-state index is 0.106. The lowest BCUT2D eigenvalue weighted by Crippen LogP contribution is -2.31. The number of nitrogens with zero attached hydrogens (tertiary/aromatic N) is 1. The smallest absolute Gasteiger partial charge is 0.305 e. The number of amides is 1. The first-order valence-corrected chi connectivity index (χ1v) is 9.19. The van der Waals surface area contributed by atoms with Gasteiger partial charge in [-0.25, -0.2) is 9.37 Å². The average molecular weight is 405 g/mol. The van der Waals surface area contributed by atoms with Crippen molar-refractivity contribution in [3.63, 3.8) is 0 Å². The molecule has 3 aromatic rings. The largest absolute Gasteiger partial charge is 0.481 e. The van der Waals surface area contributed by atoms with E-state index >= 15 is 0 Å². The van der Waals surface area contributed by atoms with Crippen LogP contribution >= 0.6 is 22.9 Å². The average Bonchev–Trinajstić information content (AvgIpc) is 3.11. The zero-order valence-corrected chi connectivity index (χ0v) is 15.4. The Morgan fingerprint density at radius 1 is 1.19 bits per heavy atom. The second-order valence-corrected chi connectivity index (χ2v) is 6.93. The molecule has 2 N–H and O–H groups in total. The zero-order valence-electron chi connectivity index (χ0n) is 13.9. The van der Waals surface area contributed by atoms with Gasteiger partial charge in [-0.1, -0.05) is 48.0 Å². The van der Waals surface area contributed by atoms with Gasteiger partial charge in [-0.2, -0.15) is 0 Å². The molecule has 0 fully saturated rings. The van der Waals surface area contributed by atoms with Gasteiger partial charge in [-0.05, 0) is 12.1 Å². The summed E-state index contributed by atoms with van der Waals surface area (Å²) in [7, 11) is 0. The molecule has 0 saturated carbocycles.